The van der Waals surface area contributed by atoms with E-state index in [9.17, 15) is 0 Å². The van der Waals surface area contributed by atoms with E-state index in [-0.39, 0.29) is 6.04 Å². The SMILES string of the molecule is C=Cc1ccc(-c2ccc3oc4cc5oc6ccc(C7C=CC(C(N)CN8C=CC=CC8)=CC7)cc6c5cc4c3c2)cc1. The van der Waals surface area contributed by atoms with E-state index >= 15 is 0 Å². The highest BCUT2D eigenvalue weighted by Crippen LogP contribution is 2.39. The summed E-state index contributed by atoms with van der Waals surface area (Å²) in [6.07, 6.45) is 18.0. The molecule has 0 saturated carbocycles. The second-order valence-corrected chi connectivity index (χ2v) is 11.6. The summed E-state index contributed by atoms with van der Waals surface area (Å²) < 4.78 is 12.6. The molecule has 2 atom stereocenters. The number of allylic oxidation sites excluding steroid dienone is 4. The van der Waals surface area contributed by atoms with Crippen LogP contribution in [0.2, 0.25) is 0 Å². The van der Waals surface area contributed by atoms with Crippen LogP contribution in [-0.2, 0) is 0 Å². The van der Waals surface area contributed by atoms with Gasteiger partial charge < -0.3 is 19.5 Å². The van der Waals surface area contributed by atoms with Gasteiger partial charge in [-0.25, -0.2) is 0 Å². The van der Waals surface area contributed by atoms with E-state index in [0.717, 1.165) is 74.5 Å². The molecule has 8 rings (SSSR count). The van der Waals surface area contributed by atoms with Gasteiger partial charge in [-0.3, -0.25) is 0 Å². The van der Waals surface area contributed by atoms with Gasteiger partial charge in [-0.1, -0.05) is 79.4 Å². The minimum atomic E-state index is -0.00661. The van der Waals surface area contributed by atoms with Gasteiger partial charge in [-0.2, -0.15) is 0 Å². The van der Waals surface area contributed by atoms with Crippen molar-refractivity contribution < 1.29 is 8.83 Å². The van der Waals surface area contributed by atoms with Crippen LogP contribution in [0.5, 0.6) is 0 Å². The van der Waals surface area contributed by atoms with Gasteiger partial charge >= 0.3 is 0 Å². The fraction of sp³-hybridized carbons (Fsp3) is 0.128. The van der Waals surface area contributed by atoms with Crippen molar-refractivity contribution in [3.8, 4) is 11.1 Å². The Hall–Kier alpha value is -5.06. The first-order valence-corrected chi connectivity index (χ1v) is 14.9. The largest absolute Gasteiger partial charge is 0.456 e. The number of furan rings is 2. The minimum Gasteiger partial charge on any atom is -0.456 e. The zero-order valence-electron chi connectivity index (χ0n) is 23.9. The minimum absolute atomic E-state index is 0.00661. The third-order valence-electron chi connectivity index (χ3n) is 8.86. The Morgan fingerprint density at radius 2 is 1.53 bits per heavy atom. The van der Waals surface area contributed by atoms with Gasteiger partial charge in [0.05, 0.1) is 0 Å². The summed E-state index contributed by atoms with van der Waals surface area (Å²) in [5, 5.41) is 4.44. The van der Waals surface area contributed by atoms with Gasteiger partial charge in [0.25, 0.3) is 0 Å². The number of fused-ring (bicyclic) bond motifs is 6. The van der Waals surface area contributed by atoms with Gasteiger partial charge in [-0.15, -0.1) is 0 Å². The number of hydrogen-bond acceptors (Lipinski definition) is 4. The smallest absolute Gasteiger partial charge is 0.139 e. The molecular formula is C39H32N2O2. The lowest BCUT2D eigenvalue weighted by Gasteiger charge is -2.26. The van der Waals surface area contributed by atoms with Gasteiger partial charge in [0.1, 0.15) is 22.3 Å². The lowest BCUT2D eigenvalue weighted by Crippen LogP contribution is -2.36. The van der Waals surface area contributed by atoms with Crippen molar-refractivity contribution in [1.82, 2.24) is 4.90 Å². The van der Waals surface area contributed by atoms with Crippen molar-refractivity contribution in [3.05, 3.63) is 139 Å². The maximum absolute atomic E-state index is 6.57. The zero-order valence-corrected chi connectivity index (χ0v) is 23.9. The molecule has 0 amide bonds. The molecule has 2 aromatic heterocycles. The maximum Gasteiger partial charge on any atom is 0.139 e. The van der Waals surface area contributed by atoms with Crippen LogP contribution >= 0.6 is 0 Å². The highest BCUT2D eigenvalue weighted by atomic mass is 16.3. The Labute approximate surface area is 250 Å². The molecular weight excluding hydrogens is 528 g/mol. The molecule has 2 aliphatic rings. The molecule has 0 fully saturated rings. The molecule has 0 bridgehead atoms. The molecule has 1 aliphatic carbocycles. The summed E-state index contributed by atoms with van der Waals surface area (Å²) in [4.78, 5) is 2.25. The van der Waals surface area contributed by atoms with Crippen molar-refractivity contribution in [2.24, 2.45) is 5.73 Å². The average molecular weight is 561 g/mol. The van der Waals surface area contributed by atoms with E-state index in [0.29, 0.717) is 5.92 Å². The number of hydrogen-bond donors (Lipinski definition) is 1. The number of benzene rings is 4. The topological polar surface area (TPSA) is 55.5 Å². The lowest BCUT2D eigenvalue weighted by atomic mass is 9.87. The number of nitrogens with zero attached hydrogens (tertiary/aromatic N) is 1. The molecule has 2 unspecified atom stereocenters. The van der Waals surface area contributed by atoms with Crippen molar-refractivity contribution >= 4 is 50.0 Å². The van der Waals surface area contributed by atoms with E-state index in [1.807, 2.05) is 12.1 Å². The summed E-state index contributed by atoms with van der Waals surface area (Å²) in [6, 6.07) is 25.7. The molecule has 4 heteroatoms. The monoisotopic (exact) mass is 560 g/mol. The normalized spacial score (nSPS) is 17.4. The highest BCUT2D eigenvalue weighted by Gasteiger charge is 2.19. The molecule has 0 spiro atoms. The average Bonchev–Trinajstić information content (AvgIpc) is 3.60. The van der Waals surface area contributed by atoms with E-state index < -0.39 is 0 Å². The molecule has 210 valence electrons. The van der Waals surface area contributed by atoms with E-state index in [1.54, 1.807) is 0 Å². The fourth-order valence-electron chi connectivity index (χ4n) is 6.45. The van der Waals surface area contributed by atoms with E-state index in [4.69, 9.17) is 14.6 Å². The molecule has 4 nitrogen and oxygen atoms in total. The molecule has 0 radical (unpaired) electrons. The molecule has 6 aromatic rings. The Morgan fingerprint density at radius 3 is 2.23 bits per heavy atom. The molecule has 43 heavy (non-hydrogen) atoms. The standard InChI is InChI=1S/C39H32N2O2/c1-2-25-6-8-26(9-7-25)29-14-16-36-31(20-29)33-22-34-32-21-30(15-17-37(32)43-39(34)23-38(33)42-36)27-10-12-28(13-11-27)35(40)24-41-18-4-3-5-19-41/h2-10,12-18,20-23,27,35H,1,11,19,24,40H2. The summed E-state index contributed by atoms with van der Waals surface area (Å²) in [7, 11) is 0. The van der Waals surface area contributed by atoms with Crippen molar-refractivity contribution in [1.29, 1.82) is 0 Å². The number of nitrogens with two attached hydrogens (primary N) is 1. The van der Waals surface area contributed by atoms with Crippen LogP contribution in [0.15, 0.2) is 136 Å². The van der Waals surface area contributed by atoms with E-state index in [1.165, 1.54) is 16.7 Å². The lowest BCUT2D eigenvalue weighted by molar-refractivity contribution is 0.393. The van der Waals surface area contributed by atoms with Crippen LogP contribution in [0.1, 0.15) is 23.5 Å². The summed E-state index contributed by atoms with van der Waals surface area (Å²) >= 11 is 0. The molecule has 0 saturated heterocycles. The van der Waals surface area contributed by atoms with Gasteiger partial charge in [0.15, 0.2) is 0 Å². The summed E-state index contributed by atoms with van der Waals surface area (Å²) in [5.74, 6) is 0.302. The van der Waals surface area contributed by atoms with Crippen LogP contribution < -0.4 is 5.73 Å². The van der Waals surface area contributed by atoms with Crippen LogP contribution in [-0.4, -0.2) is 24.0 Å². The Morgan fingerprint density at radius 1 is 0.814 bits per heavy atom. The molecule has 2 N–H and O–H groups in total. The van der Waals surface area contributed by atoms with Crippen LogP contribution in [0.4, 0.5) is 0 Å². The van der Waals surface area contributed by atoms with Gasteiger partial charge in [0, 0.05) is 52.7 Å². The van der Waals surface area contributed by atoms with Crippen molar-refractivity contribution in [3.63, 3.8) is 0 Å². The quantitative estimate of drug-likeness (QED) is 0.220. The Kier molecular flexibility index (Phi) is 6.16. The number of rotatable bonds is 6. The predicted molar refractivity (Wildman–Crippen MR) is 179 cm³/mol. The maximum atomic E-state index is 6.57. The molecule has 3 heterocycles. The Bertz CT molecular complexity index is 2150. The first-order valence-electron chi connectivity index (χ1n) is 14.9. The molecule has 4 aromatic carbocycles. The summed E-state index contributed by atoms with van der Waals surface area (Å²) in [5.41, 5.74) is 15.9. The van der Waals surface area contributed by atoms with Gasteiger partial charge in [0.2, 0.25) is 0 Å². The van der Waals surface area contributed by atoms with Crippen LogP contribution in [0.25, 0.3) is 61.1 Å². The van der Waals surface area contributed by atoms with Crippen molar-refractivity contribution in [2.45, 2.75) is 18.4 Å². The van der Waals surface area contributed by atoms with Crippen molar-refractivity contribution in [2.75, 3.05) is 13.1 Å². The highest BCUT2D eigenvalue weighted by molar-refractivity contribution is 6.15. The second-order valence-electron chi connectivity index (χ2n) is 11.6. The Balaban J connectivity index is 1.11. The first-order chi connectivity index (χ1) is 21.1. The second kappa shape index (κ2) is 10.3. The zero-order chi connectivity index (χ0) is 28.9. The predicted octanol–water partition coefficient (Wildman–Crippen LogP) is 9.48. The summed E-state index contributed by atoms with van der Waals surface area (Å²) in [6.45, 7) is 5.59. The third kappa shape index (κ3) is 4.61. The van der Waals surface area contributed by atoms with E-state index in [2.05, 4.69) is 121 Å². The third-order valence-corrected chi connectivity index (χ3v) is 8.86. The van der Waals surface area contributed by atoms with Gasteiger partial charge in [-0.05, 0) is 76.9 Å². The first kappa shape index (κ1) is 25.6. The molecule has 1 aliphatic heterocycles. The fourth-order valence-corrected chi connectivity index (χ4v) is 6.45. The van der Waals surface area contributed by atoms with Crippen LogP contribution in [0, 0.1) is 0 Å². The van der Waals surface area contributed by atoms with Crippen LogP contribution in [0.3, 0.4) is 0 Å².